The van der Waals surface area contributed by atoms with Crippen molar-refractivity contribution in [3.8, 4) is 56.4 Å². The lowest BCUT2D eigenvalue weighted by Crippen LogP contribution is -2.01. The molecule has 11 rings (SSSR count). The molecule has 11 aromatic rings. The molecule has 256 valence electrons. The first kappa shape index (κ1) is 31.1. The zero-order valence-corrected chi connectivity index (χ0v) is 29.6. The van der Waals surface area contributed by atoms with Gasteiger partial charge in [0.05, 0.1) is 0 Å². The van der Waals surface area contributed by atoms with Gasteiger partial charge in [0, 0.05) is 27.5 Å². The van der Waals surface area contributed by atoms with Crippen molar-refractivity contribution in [2.75, 3.05) is 0 Å². The van der Waals surface area contributed by atoms with Gasteiger partial charge in [-0.25, -0.2) is 15.0 Å². The largest absolute Gasteiger partial charge is 0.456 e. The number of aromatic nitrogens is 3. The lowest BCUT2D eigenvalue weighted by Gasteiger charge is -2.14. The minimum absolute atomic E-state index is 0.590. The van der Waals surface area contributed by atoms with Crippen LogP contribution in [0.5, 0.6) is 0 Å². The minimum Gasteiger partial charge on any atom is -0.456 e. The van der Waals surface area contributed by atoms with Crippen LogP contribution in [0, 0.1) is 0 Å². The Balaban J connectivity index is 1.15. The van der Waals surface area contributed by atoms with Crippen molar-refractivity contribution in [3.05, 3.63) is 188 Å². The van der Waals surface area contributed by atoms with Crippen LogP contribution in [-0.4, -0.2) is 15.0 Å². The average molecular weight is 702 g/mol. The highest BCUT2D eigenvalue weighted by molar-refractivity contribution is 6.15. The molecule has 0 aliphatic heterocycles. The Labute approximate surface area is 317 Å². The number of fused-ring (bicyclic) bond motifs is 6. The number of hydrogen-bond donors (Lipinski definition) is 0. The predicted octanol–water partition coefficient (Wildman–Crippen LogP) is 13.6. The van der Waals surface area contributed by atoms with Gasteiger partial charge in [0.25, 0.3) is 0 Å². The van der Waals surface area contributed by atoms with E-state index in [1.54, 1.807) is 0 Å². The molecule has 55 heavy (non-hydrogen) atoms. The van der Waals surface area contributed by atoms with Crippen LogP contribution >= 0.6 is 0 Å². The van der Waals surface area contributed by atoms with Gasteiger partial charge in [-0.3, -0.25) is 0 Å². The van der Waals surface area contributed by atoms with Gasteiger partial charge in [-0.1, -0.05) is 152 Å². The van der Waals surface area contributed by atoms with Gasteiger partial charge in [-0.15, -0.1) is 0 Å². The molecule has 0 spiro atoms. The maximum atomic E-state index is 6.46. The molecule has 0 N–H and O–H groups in total. The highest BCUT2D eigenvalue weighted by atomic mass is 16.3. The van der Waals surface area contributed by atoms with Gasteiger partial charge < -0.3 is 4.42 Å². The zero-order valence-electron chi connectivity index (χ0n) is 29.6. The van der Waals surface area contributed by atoms with Gasteiger partial charge in [0.2, 0.25) is 0 Å². The SMILES string of the molecule is c1ccc2cc(-c3ccc(-c4nc(-c5ccc6ccccc6c5)nc(-c5c(-c6ccc7ccccc7c6)ccc6oc7ccccc7c56)n4)cc3)ccc2c1. The van der Waals surface area contributed by atoms with Crippen LogP contribution in [-0.2, 0) is 0 Å². The Morgan fingerprint density at radius 1 is 0.309 bits per heavy atom. The molecule has 0 aliphatic carbocycles. The monoisotopic (exact) mass is 701 g/mol. The van der Waals surface area contributed by atoms with Crippen molar-refractivity contribution in [1.29, 1.82) is 0 Å². The summed E-state index contributed by atoms with van der Waals surface area (Å²) in [7, 11) is 0. The lowest BCUT2D eigenvalue weighted by atomic mass is 9.93. The molecule has 0 aliphatic rings. The molecule has 0 bridgehead atoms. The maximum Gasteiger partial charge on any atom is 0.165 e. The van der Waals surface area contributed by atoms with Crippen molar-refractivity contribution in [1.82, 2.24) is 15.0 Å². The van der Waals surface area contributed by atoms with Gasteiger partial charge in [0.1, 0.15) is 11.2 Å². The van der Waals surface area contributed by atoms with E-state index in [1.807, 2.05) is 12.1 Å². The molecule has 2 heterocycles. The van der Waals surface area contributed by atoms with Crippen LogP contribution < -0.4 is 0 Å². The Morgan fingerprint density at radius 3 is 1.45 bits per heavy atom. The first-order valence-electron chi connectivity index (χ1n) is 18.5. The van der Waals surface area contributed by atoms with Crippen molar-refractivity contribution in [3.63, 3.8) is 0 Å². The summed E-state index contributed by atoms with van der Waals surface area (Å²) in [6.07, 6.45) is 0. The Morgan fingerprint density at radius 2 is 0.782 bits per heavy atom. The van der Waals surface area contributed by atoms with Crippen molar-refractivity contribution in [2.24, 2.45) is 0 Å². The summed E-state index contributed by atoms with van der Waals surface area (Å²) in [4.78, 5) is 15.8. The summed E-state index contributed by atoms with van der Waals surface area (Å²) < 4.78 is 6.46. The van der Waals surface area contributed by atoms with Crippen LogP contribution in [0.15, 0.2) is 192 Å². The molecule has 0 atom stereocenters. The van der Waals surface area contributed by atoms with Gasteiger partial charge in [0.15, 0.2) is 17.5 Å². The number of rotatable bonds is 5. The summed E-state index contributed by atoms with van der Waals surface area (Å²) in [6, 6.07) is 65.9. The molecule has 9 aromatic carbocycles. The minimum atomic E-state index is 0.590. The molecular formula is C51H31N3O. The molecule has 0 radical (unpaired) electrons. The summed E-state index contributed by atoms with van der Waals surface area (Å²) in [5.74, 6) is 1.80. The van der Waals surface area contributed by atoms with E-state index in [0.29, 0.717) is 17.5 Å². The van der Waals surface area contributed by atoms with E-state index in [1.165, 1.54) is 26.9 Å². The van der Waals surface area contributed by atoms with E-state index in [0.717, 1.165) is 66.3 Å². The summed E-state index contributed by atoms with van der Waals surface area (Å²) in [5.41, 5.74) is 8.75. The van der Waals surface area contributed by atoms with E-state index >= 15 is 0 Å². The third-order valence-electron chi connectivity index (χ3n) is 10.7. The Bertz CT molecular complexity index is 3270. The fraction of sp³-hybridized carbons (Fsp3) is 0. The molecule has 4 nitrogen and oxygen atoms in total. The molecule has 0 saturated carbocycles. The van der Waals surface area contributed by atoms with Crippen LogP contribution in [0.25, 0.3) is 111 Å². The molecule has 0 saturated heterocycles. The Kier molecular flexibility index (Phi) is 7.14. The summed E-state index contributed by atoms with van der Waals surface area (Å²) in [5, 5.41) is 9.10. The van der Waals surface area contributed by atoms with E-state index in [2.05, 4.69) is 176 Å². The standard InChI is InChI=1S/C51H31N3O/c1-4-12-37-29-40(24-19-32(37)9-1)35-17-22-36(23-18-35)49-52-50(42-26-21-34-11-3-6-14-39(34)31-42)54-51(53-49)48-43(41-25-20-33-10-2-5-13-38(33)30-41)27-28-46-47(48)44-15-7-8-16-45(44)55-46/h1-31H. The second kappa shape index (κ2) is 12.6. The highest BCUT2D eigenvalue weighted by Crippen LogP contribution is 2.43. The normalized spacial score (nSPS) is 11.6. The van der Waals surface area contributed by atoms with Crippen LogP contribution in [0.4, 0.5) is 0 Å². The topological polar surface area (TPSA) is 51.8 Å². The van der Waals surface area contributed by atoms with Crippen molar-refractivity contribution in [2.45, 2.75) is 0 Å². The fourth-order valence-electron chi connectivity index (χ4n) is 7.90. The first-order chi connectivity index (χ1) is 27.2. The first-order valence-corrected chi connectivity index (χ1v) is 18.5. The second-order valence-corrected chi connectivity index (χ2v) is 14.0. The third-order valence-corrected chi connectivity index (χ3v) is 10.7. The van der Waals surface area contributed by atoms with E-state index in [9.17, 15) is 0 Å². The average Bonchev–Trinajstić information content (AvgIpc) is 3.64. The maximum absolute atomic E-state index is 6.46. The molecule has 4 heteroatoms. The summed E-state index contributed by atoms with van der Waals surface area (Å²) in [6.45, 7) is 0. The highest BCUT2D eigenvalue weighted by Gasteiger charge is 2.22. The third kappa shape index (κ3) is 5.43. The quantitative estimate of drug-likeness (QED) is 0.179. The van der Waals surface area contributed by atoms with Crippen LogP contribution in [0.1, 0.15) is 0 Å². The Hall–Kier alpha value is -7.43. The summed E-state index contributed by atoms with van der Waals surface area (Å²) >= 11 is 0. The molecule has 2 aromatic heterocycles. The van der Waals surface area contributed by atoms with Gasteiger partial charge in [-0.2, -0.15) is 0 Å². The lowest BCUT2D eigenvalue weighted by molar-refractivity contribution is 0.669. The number of nitrogens with zero attached hydrogens (tertiary/aromatic N) is 3. The van der Waals surface area contributed by atoms with Gasteiger partial charge >= 0.3 is 0 Å². The zero-order chi connectivity index (χ0) is 36.3. The molecule has 0 fully saturated rings. The molecular weight excluding hydrogens is 671 g/mol. The van der Waals surface area contributed by atoms with Crippen LogP contribution in [0.3, 0.4) is 0 Å². The number of hydrogen-bond acceptors (Lipinski definition) is 4. The molecule has 0 amide bonds. The van der Waals surface area contributed by atoms with Crippen molar-refractivity contribution < 1.29 is 4.42 Å². The smallest absolute Gasteiger partial charge is 0.165 e. The second-order valence-electron chi connectivity index (χ2n) is 14.0. The van der Waals surface area contributed by atoms with E-state index in [4.69, 9.17) is 19.4 Å². The predicted molar refractivity (Wildman–Crippen MR) is 227 cm³/mol. The van der Waals surface area contributed by atoms with E-state index in [-0.39, 0.29) is 0 Å². The number of furan rings is 1. The molecule has 0 unspecified atom stereocenters. The fourth-order valence-corrected chi connectivity index (χ4v) is 7.90. The number of benzene rings is 9. The van der Waals surface area contributed by atoms with Crippen molar-refractivity contribution >= 4 is 54.3 Å². The number of para-hydroxylation sites is 1. The van der Waals surface area contributed by atoms with E-state index < -0.39 is 0 Å². The van der Waals surface area contributed by atoms with Gasteiger partial charge in [-0.05, 0) is 91.0 Å². The van der Waals surface area contributed by atoms with Crippen LogP contribution in [0.2, 0.25) is 0 Å².